The van der Waals surface area contributed by atoms with Crippen LogP contribution < -0.4 is 0 Å². The smallest absolute Gasteiger partial charge is 0.307 e. The van der Waals surface area contributed by atoms with Gasteiger partial charge in [-0.15, -0.1) is 0 Å². The Morgan fingerprint density at radius 3 is 1.17 bits per heavy atom. The van der Waals surface area contributed by atoms with Crippen LogP contribution in [0.2, 0.25) is 0 Å². The lowest BCUT2D eigenvalue weighted by Gasteiger charge is -2.10. The number of aromatic nitrogens is 7. The zero-order valence-electron chi connectivity index (χ0n) is 34.2. The summed E-state index contributed by atoms with van der Waals surface area (Å²) < 4.78 is 8.42. The van der Waals surface area contributed by atoms with Gasteiger partial charge in [-0.3, -0.25) is 4.40 Å². The van der Waals surface area contributed by atoms with E-state index in [9.17, 15) is 0 Å². The molecule has 0 radical (unpaired) electrons. The van der Waals surface area contributed by atoms with E-state index in [4.69, 9.17) is 34.3 Å². The monoisotopic (exact) mass is 821 g/mol. The maximum atomic E-state index is 6.31. The van der Waals surface area contributed by atoms with Crippen molar-refractivity contribution >= 4 is 28.0 Å². The van der Waals surface area contributed by atoms with Gasteiger partial charge in [0, 0.05) is 33.4 Å². The average molecular weight is 822 g/mol. The summed E-state index contributed by atoms with van der Waals surface area (Å²) in [6.07, 6.45) is 0. The lowest BCUT2D eigenvalue weighted by Crippen LogP contribution is -2.00. The molecule has 8 nitrogen and oxygen atoms in total. The predicted octanol–water partition coefficient (Wildman–Crippen LogP) is 13.5. The van der Waals surface area contributed by atoms with Crippen molar-refractivity contribution in [3.63, 3.8) is 0 Å². The van der Waals surface area contributed by atoms with Crippen molar-refractivity contribution in [1.29, 1.82) is 0 Å². The minimum Gasteiger partial charge on any atom is -0.423 e. The molecule has 0 atom stereocenters. The third kappa shape index (κ3) is 6.85. The quantitative estimate of drug-likeness (QED) is 0.151. The molecule has 0 N–H and O–H groups in total. The van der Waals surface area contributed by atoms with Crippen LogP contribution in [0.15, 0.2) is 217 Å². The highest BCUT2D eigenvalue weighted by molar-refractivity contribution is 5.92. The molecule has 0 aliphatic carbocycles. The van der Waals surface area contributed by atoms with E-state index in [0.717, 1.165) is 89.2 Å². The molecule has 0 aliphatic rings. The van der Waals surface area contributed by atoms with Gasteiger partial charge in [0.2, 0.25) is 0 Å². The van der Waals surface area contributed by atoms with Gasteiger partial charge in [0.15, 0.2) is 28.9 Å². The number of oxazole rings is 1. The Labute approximate surface area is 367 Å². The van der Waals surface area contributed by atoms with Crippen molar-refractivity contribution in [2.45, 2.75) is 0 Å². The fourth-order valence-corrected chi connectivity index (χ4v) is 8.24. The van der Waals surface area contributed by atoms with Gasteiger partial charge in [-0.05, 0) is 52.6 Å². The minimum atomic E-state index is 0.551. The normalized spacial score (nSPS) is 11.4. The highest BCUT2D eigenvalue weighted by Crippen LogP contribution is 2.35. The molecule has 12 rings (SSSR count). The first kappa shape index (κ1) is 36.9. The zero-order valence-corrected chi connectivity index (χ0v) is 34.2. The molecule has 0 saturated heterocycles. The van der Waals surface area contributed by atoms with Crippen molar-refractivity contribution in [2.24, 2.45) is 0 Å². The summed E-state index contributed by atoms with van der Waals surface area (Å²) in [5.41, 5.74) is 15.3. The topological polar surface area (TPSA) is 94.9 Å². The lowest BCUT2D eigenvalue weighted by molar-refractivity contribution is 0.643. The Morgan fingerprint density at radius 1 is 0.281 bits per heavy atom. The van der Waals surface area contributed by atoms with Crippen molar-refractivity contribution in [1.82, 2.24) is 34.3 Å². The Hall–Kier alpha value is -8.88. The summed E-state index contributed by atoms with van der Waals surface area (Å²) in [5.74, 6) is 3.13. The Morgan fingerprint density at radius 2 is 0.656 bits per heavy atom. The Kier molecular flexibility index (Phi) is 8.97. The van der Waals surface area contributed by atoms with Crippen LogP contribution in [0.3, 0.4) is 0 Å². The third-order valence-corrected chi connectivity index (χ3v) is 11.5. The molecule has 0 fully saturated rings. The second-order valence-corrected chi connectivity index (χ2v) is 15.6. The summed E-state index contributed by atoms with van der Waals surface area (Å²) in [7, 11) is 0. The molecule has 8 heteroatoms. The second kappa shape index (κ2) is 15.5. The molecule has 0 amide bonds. The molecule has 4 aromatic heterocycles. The van der Waals surface area contributed by atoms with Crippen LogP contribution in [0.5, 0.6) is 0 Å². The van der Waals surface area contributed by atoms with Gasteiger partial charge in [-0.1, -0.05) is 182 Å². The number of benzene rings is 8. The van der Waals surface area contributed by atoms with Crippen molar-refractivity contribution in [3.8, 4) is 90.3 Å². The number of fused-ring (bicyclic) bond motifs is 5. The standard InChI is InChI=1S/C56H35N7O/c1-5-13-38(14-6-1)47-35-48(58-52(57-47)40-15-7-2-8-16-40)39-25-21-36(22-26-39)45-30-32-51-50(34-45)63-49-33-44(29-31-46(49)59-56(63)64-51)37-23-27-43(28-24-37)55-61-53(41-17-9-3-10-18-41)60-54(62-55)42-19-11-4-12-20-42/h1-35H. The van der Waals surface area contributed by atoms with Crippen molar-refractivity contribution in [2.75, 3.05) is 0 Å². The van der Waals surface area contributed by atoms with Crippen LogP contribution in [0, 0.1) is 0 Å². The van der Waals surface area contributed by atoms with E-state index in [-0.39, 0.29) is 0 Å². The highest BCUT2D eigenvalue weighted by atomic mass is 16.4. The molecule has 12 aromatic rings. The summed E-state index contributed by atoms with van der Waals surface area (Å²) in [4.78, 5) is 29.5. The summed E-state index contributed by atoms with van der Waals surface area (Å²) >= 11 is 0. The van der Waals surface area contributed by atoms with Crippen LogP contribution >= 0.6 is 0 Å². The first-order valence-electron chi connectivity index (χ1n) is 21.1. The molecular formula is C56H35N7O. The van der Waals surface area contributed by atoms with Crippen LogP contribution in [-0.4, -0.2) is 34.3 Å². The van der Waals surface area contributed by atoms with E-state index in [2.05, 4.69) is 101 Å². The van der Waals surface area contributed by atoms with E-state index in [1.807, 2.05) is 115 Å². The summed E-state index contributed by atoms with van der Waals surface area (Å²) in [5, 5.41) is 0. The van der Waals surface area contributed by atoms with Gasteiger partial charge in [0.1, 0.15) is 0 Å². The summed E-state index contributed by atoms with van der Waals surface area (Å²) in [6.45, 7) is 0. The van der Waals surface area contributed by atoms with E-state index in [1.165, 1.54) is 0 Å². The van der Waals surface area contributed by atoms with Crippen LogP contribution in [0.4, 0.5) is 0 Å². The lowest BCUT2D eigenvalue weighted by atomic mass is 10.0. The Balaban J connectivity index is 0.872. The van der Waals surface area contributed by atoms with E-state index in [0.29, 0.717) is 29.1 Å². The second-order valence-electron chi connectivity index (χ2n) is 15.6. The van der Waals surface area contributed by atoms with Crippen LogP contribution in [0.1, 0.15) is 0 Å². The first-order chi connectivity index (χ1) is 31.7. The molecule has 0 unspecified atom stereocenters. The van der Waals surface area contributed by atoms with Crippen LogP contribution in [0.25, 0.3) is 118 Å². The SMILES string of the molecule is c1ccc(-c2cc(-c3ccc(-c4ccc5oc6nc7ccc(-c8ccc(-c9nc(-c%10ccccc%10)nc(-c%10ccccc%10)n9)cc8)cc7n6c5c4)cc3)nc(-c3ccccc3)n2)cc1. The molecular weight excluding hydrogens is 787 g/mol. The summed E-state index contributed by atoms with van der Waals surface area (Å²) in [6, 6.07) is 72.1. The van der Waals surface area contributed by atoms with E-state index < -0.39 is 0 Å². The predicted molar refractivity (Wildman–Crippen MR) is 255 cm³/mol. The fourth-order valence-electron chi connectivity index (χ4n) is 8.24. The Bertz CT molecular complexity index is 3270. The largest absolute Gasteiger partial charge is 0.423 e. The maximum absolute atomic E-state index is 6.31. The highest BCUT2D eigenvalue weighted by Gasteiger charge is 2.17. The van der Waals surface area contributed by atoms with Crippen molar-refractivity contribution in [3.05, 3.63) is 212 Å². The van der Waals surface area contributed by atoms with Gasteiger partial charge in [-0.2, -0.15) is 4.98 Å². The van der Waals surface area contributed by atoms with E-state index in [1.54, 1.807) is 0 Å². The molecule has 8 aromatic carbocycles. The number of hydrogen-bond donors (Lipinski definition) is 0. The number of hydrogen-bond acceptors (Lipinski definition) is 7. The average Bonchev–Trinajstić information content (AvgIpc) is 3.93. The molecule has 300 valence electrons. The number of imidazole rings is 1. The molecule has 0 aliphatic heterocycles. The third-order valence-electron chi connectivity index (χ3n) is 11.5. The molecule has 0 spiro atoms. The van der Waals surface area contributed by atoms with Crippen LogP contribution in [-0.2, 0) is 0 Å². The van der Waals surface area contributed by atoms with Gasteiger partial charge in [0.25, 0.3) is 0 Å². The minimum absolute atomic E-state index is 0.551. The van der Waals surface area contributed by atoms with Gasteiger partial charge >= 0.3 is 5.84 Å². The van der Waals surface area contributed by atoms with E-state index >= 15 is 0 Å². The number of nitrogens with zero attached hydrogens (tertiary/aromatic N) is 7. The molecule has 4 heterocycles. The van der Waals surface area contributed by atoms with Crippen molar-refractivity contribution < 1.29 is 4.42 Å². The number of rotatable bonds is 8. The van der Waals surface area contributed by atoms with Gasteiger partial charge in [-0.25, -0.2) is 24.9 Å². The maximum Gasteiger partial charge on any atom is 0.307 e. The molecule has 0 saturated carbocycles. The zero-order chi connectivity index (χ0) is 42.4. The van der Waals surface area contributed by atoms with Gasteiger partial charge < -0.3 is 4.42 Å². The fraction of sp³-hybridized carbons (Fsp3) is 0. The molecule has 64 heavy (non-hydrogen) atoms. The van der Waals surface area contributed by atoms with Gasteiger partial charge in [0.05, 0.1) is 27.9 Å². The first-order valence-corrected chi connectivity index (χ1v) is 21.1. The molecule has 0 bridgehead atoms.